The number of hydrogen-bond donors (Lipinski definition) is 2. The van der Waals surface area contributed by atoms with Gasteiger partial charge in [-0.1, -0.05) is 12.8 Å². The first-order valence-corrected chi connectivity index (χ1v) is 9.63. The Hall–Kier alpha value is -0.470. The van der Waals surface area contributed by atoms with Gasteiger partial charge >= 0.3 is 0 Å². The zero-order valence-corrected chi connectivity index (χ0v) is 14.6. The molecule has 0 radical (unpaired) electrons. The topological polar surface area (TPSA) is 75.4 Å². The molecule has 1 aromatic heterocycles. The van der Waals surface area contributed by atoms with Gasteiger partial charge < -0.3 is 10.6 Å². The van der Waals surface area contributed by atoms with Crippen molar-refractivity contribution in [2.45, 2.75) is 49.6 Å². The average molecular weight is 332 g/mol. The van der Waals surface area contributed by atoms with E-state index < -0.39 is 10.0 Å². The lowest BCUT2D eigenvalue weighted by Crippen LogP contribution is -2.50. The molecule has 3 N–H and O–H groups in total. The first-order valence-electron chi connectivity index (χ1n) is 7.26. The van der Waals surface area contributed by atoms with E-state index in [1.807, 2.05) is 26.4 Å². The number of thiophene rings is 1. The van der Waals surface area contributed by atoms with Crippen molar-refractivity contribution in [3.8, 4) is 0 Å². The molecule has 120 valence electrons. The minimum absolute atomic E-state index is 0.0557. The Balaban J connectivity index is 2.20. The molecule has 1 heterocycles. The summed E-state index contributed by atoms with van der Waals surface area (Å²) in [7, 11) is 0.561. The van der Waals surface area contributed by atoms with Crippen LogP contribution in [0.1, 0.15) is 36.1 Å². The van der Waals surface area contributed by atoms with Gasteiger partial charge in [-0.15, -0.1) is 11.3 Å². The molecule has 1 aliphatic rings. The van der Waals surface area contributed by atoms with Crippen molar-refractivity contribution < 1.29 is 8.42 Å². The maximum Gasteiger partial charge on any atom is 0.242 e. The summed E-state index contributed by atoms with van der Waals surface area (Å²) >= 11 is 1.41. The number of sulfonamides is 1. The molecule has 21 heavy (non-hydrogen) atoms. The highest BCUT2D eigenvalue weighted by molar-refractivity contribution is 7.89. The molecule has 5 nitrogen and oxygen atoms in total. The molecule has 0 amide bonds. The lowest BCUT2D eigenvalue weighted by atomic mass is 9.97. The van der Waals surface area contributed by atoms with Gasteiger partial charge in [-0.3, -0.25) is 0 Å². The van der Waals surface area contributed by atoms with Crippen molar-refractivity contribution in [1.29, 1.82) is 0 Å². The molecule has 7 heteroatoms. The largest absolute Gasteiger partial charge is 0.326 e. The van der Waals surface area contributed by atoms with E-state index in [1.165, 1.54) is 11.3 Å². The molecule has 2 rings (SSSR count). The summed E-state index contributed by atoms with van der Waals surface area (Å²) < 4.78 is 28.1. The number of hydrogen-bond acceptors (Lipinski definition) is 5. The number of likely N-dealkylation sites (N-methyl/N-ethyl adjacent to an activating group) is 1. The molecule has 0 atom stereocenters. The number of nitrogens with one attached hydrogen (secondary N) is 1. The van der Waals surface area contributed by atoms with Crippen LogP contribution in [0.4, 0.5) is 0 Å². The normalized spacial score (nSPS) is 18.5. The van der Waals surface area contributed by atoms with Crippen LogP contribution in [0.3, 0.4) is 0 Å². The smallest absolute Gasteiger partial charge is 0.242 e. The van der Waals surface area contributed by atoms with Crippen LogP contribution in [0.2, 0.25) is 0 Å². The van der Waals surface area contributed by atoms with E-state index in [2.05, 4.69) is 9.62 Å². The average Bonchev–Trinajstić information content (AvgIpc) is 3.03. The van der Waals surface area contributed by atoms with Gasteiger partial charge in [0.15, 0.2) is 0 Å². The van der Waals surface area contributed by atoms with Crippen molar-refractivity contribution in [3.63, 3.8) is 0 Å². The van der Waals surface area contributed by atoms with Crippen LogP contribution in [0.5, 0.6) is 0 Å². The molecule has 1 saturated carbocycles. The number of aryl methyl sites for hydroxylation is 1. The second-order valence-electron chi connectivity index (χ2n) is 6.03. The van der Waals surface area contributed by atoms with E-state index in [4.69, 9.17) is 5.73 Å². The Morgan fingerprint density at radius 2 is 2.00 bits per heavy atom. The minimum Gasteiger partial charge on any atom is -0.326 e. The first kappa shape index (κ1) is 16.9. The molecule has 1 fully saturated rings. The summed E-state index contributed by atoms with van der Waals surface area (Å²) in [6.07, 6.45) is 4.39. The van der Waals surface area contributed by atoms with Gasteiger partial charge in [-0.05, 0) is 44.8 Å². The lowest BCUT2D eigenvalue weighted by Gasteiger charge is -2.36. The maximum atomic E-state index is 12.6. The third-order valence-electron chi connectivity index (χ3n) is 4.52. The fourth-order valence-electron chi connectivity index (χ4n) is 3.11. The third-order valence-corrected chi connectivity index (χ3v) is 7.40. The van der Waals surface area contributed by atoms with Crippen LogP contribution in [-0.2, 0) is 16.6 Å². The Kier molecular flexibility index (Phi) is 5.10. The van der Waals surface area contributed by atoms with Crippen LogP contribution in [-0.4, -0.2) is 39.5 Å². The molecule has 1 aromatic rings. The molecule has 0 aliphatic heterocycles. The highest BCUT2D eigenvalue weighted by Crippen LogP contribution is 2.34. The SMILES string of the molecule is Cc1csc(CN)c1S(=O)(=O)NCC1(N(C)C)CCCC1. The molecular formula is C14H25N3O2S2. The van der Waals surface area contributed by atoms with Gasteiger partial charge in [0, 0.05) is 23.5 Å². The fraction of sp³-hybridized carbons (Fsp3) is 0.714. The number of rotatable bonds is 6. The predicted molar refractivity (Wildman–Crippen MR) is 87.0 cm³/mol. The molecule has 0 saturated heterocycles. The number of nitrogens with zero attached hydrogens (tertiary/aromatic N) is 1. The second-order valence-corrected chi connectivity index (χ2v) is 8.69. The molecule has 0 unspecified atom stereocenters. The predicted octanol–water partition coefficient (Wildman–Crippen LogP) is 1.67. The molecule has 0 aromatic carbocycles. The summed E-state index contributed by atoms with van der Waals surface area (Å²) in [6, 6.07) is 0. The number of nitrogens with two attached hydrogens (primary N) is 1. The van der Waals surface area contributed by atoms with Crippen molar-refractivity contribution in [2.75, 3.05) is 20.6 Å². The second kappa shape index (κ2) is 6.34. The zero-order chi connectivity index (χ0) is 15.7. The Morgan fingerprint density at radius 1 is 1.38 bits per heavy atom. The van der Waals surface area contributed by atoms with E-state index in [1.54, 1.807) is 0 Å². The Morgan fingerprint density at radius 3 is 2.52 bits per heavy atom. The van der Waals surface area contributed by atoms with Gasteiger partial charge in [0.1, 0.15) is 4.90 Å². The van der Waals surface area contributed by atoms with Crippen molar-refractivity contribution in [2.24, 2.45) is 5.73 Å². The van der Waals surface area contributed by atoms with Gasteiger partial charge in [0.05, 0.1) is 0 Å². The minimum atomic E-state index is -3.50. The van der Waals surface area contributed by atoms with E-state index in [0.717, 1.165) is 36.1 Å². The lowest BCUT2D eigenvalue weighted by molar-refractivity contribution is 0.162. The molecule has 0 bridgehead atoms. The van der Waals surface area contributed by atoms with Crippen LogP contribution in [0.15, 0.2) is 10.3 Å². The van der Waals surface area contributed by atoms with Crippen LogP contribution >= 0.6 is 11.3 Å². The van der Waals surface area contributed by atoms with Gasteiger partial charge in [-0.25, -0.2) is 13.1 Å². The Bertz CT molecular complexity index is 587. The summed E-state index contributed by atoms with van der Waals surface area (Å²) in [5.41, 5.74) is 6.38. The van der Waals surface area contributed by atoms with E-state index in [9.17, 15) is 8.42 Å². The standard InChI is InChI=1S/C14H25N3O2S2/c1-11-9-20-12(8-15)13(11)21(18,19)16-10-14(17(2)3)6-4-5-7-14/h9,16H,4-8,10,15H2,1-3H3. The summed E-state index contributed by atoms with van der Waals surface area (Å²) in [6.45, 7) is 2.54. The van der Waals surface area contributed by atoms with Crippen molar-refractivity contribution in [3.05, 3.63) is 15.8 Å². The van der Waals surface area contributed by atoms with Crippen LogP contribution in [0.25, 0.3) is 0 Å². The van der Waals surface area contributed by atoms with Gasteiger partial charge in [0.2, 0.25) is 10.0 Å². The fourth-order valence-corrected chi connectivity index (χ4v) is 5.92. The van der Waals surface area contributed by atoms with Gasteiger partial charge in [0.25, 0.3) is 0 Å². The summed E-state index contributed by atoms with van der Waals surface area (Å²) in [5.74, 6) is 0. The van der Waals surface area contributed by atoms with Gasteiger partial charge in [-0.2, -0.15) is 0 Å². The van der Waals surface area contributed by atoms with Crippen molar-refractivity contribution in [1.82, 2.24) is 9.62 Å². The van der Waals surface area contributed by atoms with Crippen molar-refractivity contribution >= 4 is 21.4 Å². The van der Waals surface area contributed by atoms with E-state index in [-0.39, 0.29) is 12.1 Å². The zero-order valence-electron chi connectivity index (χ0n) is 13.0. The van der Waals surface area contributed by atoms with Crippen LogP contribution in [0, 0.1) is 6.92 Å². The molecular weight excluding hydrogens is 306 g/mol. The quantitative estimate of drug-likeness (QED) is 0.831. The molecule has 0 spiro atoms. The molecule has 1 aliphatic carbocycles. The van der Waals surface area contributed by atoms with E-state index in [0.29, 0.717) is 11.4 Å². The summed E-state index contributed by atoms with van der Waals surface area (Å²) in [5, 5.41) is 1.86. The van der Waals surface area contributed by atoms with Crippen LogP contribution < -0.4 is 10.5 Å². The Labute approximate surface area is 131 Å². The highest BCUT2D eigenvalue weighted by Gasteiger charge is 2.37. The van der Waals surface area contributed by atoms with E-state index >= 15 is 0 Å². The monoisotopic (exact) mass is 331 g/mol. The summed E-state index contributed by atoms with van der Waals surface area (Å²) in [4.78, 5) is 3.26. The highest BCUT2D eigenvalue weighted by atomic mass is 32.2. The maximum absolute atomic E-state index is 12.6. The first-order chi connectivity index (χ1) is 9.82. The third kappa shape index (κ3) is 3.32.